The number of carbonyl (C=O) groups excluding carboxylic acids is 1. The van der Waals surface area contributed by atoms with E-state index in [0.717, 1.165) is 50.3 Å². The van der Waals surface area contributed by atoms with Gasteiger partial charge in [0.25, 0.3) is 0 Å². The van der Waals surface area contributed by atoms with Gasteiger partial charge in [-0.3, -0.25) is 9.69 Å². The predicted molar refractivity (Wildman–Crippen MR) is 114 cm³/mol. The van der Waals surface area contributed by atoms with Gasteiger partial charge in [0.05, 0.1) is 6.42 Å². The summed E-state index contributed by atoms with van der Waals surface area (Å²) in [5, 5.41) is 5.23. The topological polar surface area (TPSA) is 58.4 Å². The zero-order valence-electron chi connectivity index (χ0n) is 14.7. The van der Waals surface area contributed by atoms with E-state index in [-0.39, 0.29) is 30.7 Å². The number of hydrogen-bond donors (Lipinski definition) is 2. The zero-order chi connectivity index (χ0) is 16.8. The number of nitrogens with zero attached hydrogens (tertiary/aromatic N) is 1. The van der Waals surface area contributed by atoms with Crippen molar-refractivity contribution in [3.63, 3.8) is 0 Å². The first kappa shape index (κ1) is 22.8. The molecule has 144 valence electrons. The second kappa shape index (κ2) is 11.4. The first-order chi connectivity index (χ1) is 11.7. The summed E-state index contributed by atoms with van der Waals surface area (Å²) in [5.74, 6) is 0.695. The number of carbonyl (C=O) groups is 1. The molecule has 0 unspecified atom stereocenters. The van der Waals surface area contributed by atoms with Gasteiger partial charge in [-0.2, -0.15) is 0 Å². The molecule has 7 heteroatoms. The molecule has 1 aromatic heterocycles. The van der Waals surface area contributed by atoms with Crippen LogP contribution in [0.4, 0.5) is 5.69 Å². The van der Waals surface area contributed by atoms with Crippen molar-refractivity contribution in [1.82, 2.24) is 10.2 Å². The molecule has 0 spiro atoms. The Morgan fingerprint density at radius 2 is 1.85 bits per heavy atom. The van der Waals surface area contributed by atoms with E-state index < -0.39 is 0 Å². The number of likely N-dealkylation sites (tertiary alicyclic amines) is 1. The van der Waals surface area contributed by atoms with Crippen molar-refractivity contribution in [1.29, 1.82) is 0 Å². The number of halogens is 2. The molecule has 3 rings (SSSR count). The predicted octanol–water partition coefficient (Wildman–Crippen LogP) is 3.74. The normalized spacial score (nSPS) is 14.9. The Kier molecular flexibility index (Phi) is 10.0. The molecule has 1 amide bonds. The first-order valence-corrected chi connectivity index (χ1v) is 9.43. The fourth-order valence-electron chi connectivity index (χ4n) is 3.11. The minimum absolute atomic E-state index is 0. The summed E-state index contributed by atoms with van der Waals surface area (Å²) >= 11 is 1.83. The lowest BCUT2D eigenvalue weighted by molar-refractivity contribution is -0.120. The smallest absolute Gasteiger partial charge is 0.224 e. The van der Waals surface area contributed by atoms with Gasteiger partial charge < -0.3 is 11.1 Å². The molecule has 2 aromatic rings. The standard InChI is InChI=1S/C19H25N3OS.2ClH/c20-17-5-3-15(4-6-17)12-19(23)21-13-16-7-9-22(10-8-16)14-18-2-1-11-24-18;;/h1-6,11,16H,7-10,12-14,20H2,(H,21,23);2*1H. The number of nitrogen functional groups attached to an aromatic ring is 1. The molecular weight excluding hydrogens is 389 g/mol. The average Bonchev–Trinajstić information content (AvgIpc) is 3.09. The molecule has 0 aliphatic carbocycles. The molecule has 2 heterocycles. The number of rotatable bonds is 6. The summed E-state index contributed by atoms with van der Waals surface area (Å²) in [7, 11) is 0. The Morgan fingerprint density at radius 1 is 1.15 bits per heavy atom. The maximum Gasteiger partial charge on any atom is 0.224 e. The third-order valence-corrected chi connectivity index (χ3v) is 5.46. The average molecular weight is 416 g/mol. The van der Waals surface area contributed by atoms with Gasteiger partial charge >= 0.3 is 0 Å². The van der Waals surface area contributed by atoms with Gasteiger partial charge in [-0.15, -0.1) is 36.2 Å². The van der Waals surface area contributed by atoms with E-state index in [1.165, 1.54) is 4.88 Å². The monoisotopic (exact) mass is 415 g/mol. The Balaban J connectivity index is 0.00000169. The van der Waals surface area contributed by atoms with E-state index in [1.54, 1.807) is 0 Å². The summed E-state index contributed by atoms with van der Waals surface area (Å²) in [5.41, 5.74) is 7.40. The first-order valence-electron chi connectivity index (χ1n) is 8.55. The fourth-order valence-corrected chi connectivity index (χ4v) is 3.86. The molecule has 1 saturated heterocycles. The number of amides is 1. The van der Waals surface area contributed by atoms with Crippen LogP contribution in [0.2, 0.25) is 0 Å². The number of nitrogens with one attached hydrogen (secondary N) is 1. The minimum atomic E-state index is 0. The molecule has 1 aromatic carbocycles. The van der Waals surface area contributed by atoms with Gasteiger partial charge in [0.1, 0.15) is 0 Å². The molecular formula is C19H27Cl2N3OS. The molecule has 26 heavy (non-hydrogen) atoms. The van der Waals surface area contributed by atoms with Crippen molar-refractivity contribution in [3.05, 3.63) is 52.2 Å². The van der Waals surface area contributed by atoms with Crippen LogP contribution in [-0.4, -0.2) is 30.4 Å². The summed E-state index contributed by atoms with van der Waals surface area (Å²) in [6.45, 7) is 4.10. The lowest BCUT2D eigenvalue weighted by atomic mass is 9.96. The van der Waals surface area contributed by atoms with E-state index in [9.17, 15) is 4.79 Å². The van der Waals surface area contributed by atoms with Gasteiger partial charge in [-0.05, 0) is 61.0 Å². The van der Waals surface area contributed by atoms with E-state index >= 15 is 0 Å². The Morgan fingerprint density at radius 3 is 2.46 bits per heavy atom. The second-order valence-corrected chi connectivity index (χ2v) is 7.55. The largest absolute Gasteiger partial charge is 0.399 e. The van der Waals surface area contributed by atoms with Crippen LogP contribution in [0.15, 0.2) is 41.8 Å². The van der Waals surface area contributed by atoms with Crippen LogP contribution in [0.5, 0.6) is 0 Å². The number of piperidine rings is 1. The third kappa shape index (κ3) is 7.16. The van der Waals surface area contributed by atoms with Gasteiger partial charge in [-0.1, -0.05) is 18.2 Å². The van der Waals surface area contributed by atoms with Crippen molar-refractivity contribution >= 4 is 47.7 Å². The van der Waals surface area contributed by atoms with Crippen molar-refractivity contribution in [2.24, 2.45) is 5.92 Å². The molecule has 0 radical (unpaired) electrons. The number of anilines is 1. The Bertz CT molecular complexity index is 641. The van der Waals surface area contributed by atoms with Crippen LogP contribution in [-0.2, 0) is 17.8 Å². The van der Waals surface area contributed by atoms with Crippen LogP contribution in [0.1, 0.15) is 23.3 Å². The summed E-state index contributed by atoms with van der Waals surface area (Å²) in [6, 6.07) is 11.8. The van der Waals surface area contributed by atoms with Crippen molar-refractivity contribution in [2.45, 2.75) is 25.8 Å². The molecule has 1 aliphatic rings. The molecule has 0 saturated carbocycles. The molecule has 0 atom stereocenters. The van der Waals surface area contributed by atoms with Crippen molar-refractivity contribution < 1.29 is 4.79 Å². The molecule has 3 N–H and O–H groups in total. The van der Waals surface area contributed by atoms with Crippen molar-refractivity contribution in [3.8, 4) is 0 Å². The number of hydrogen-bond acceptors (Lipinski definition) is 4. The summed E-state index contributed by atoms with van der Waals surface area (Å²) in [4.78, 5) is 16.0. The second-order valence-electron chi connectivity index (χ2n) is 6.52. The van der Waals surface area contributed by atoms with Crippen LogP contribution in [0, 0.1) is 5.92 Å². The molecule has 1 aliphatic heterocycles. The van der Waals surface area contributed by atoms with E-state index in [0.29, 0.717) is 12.3 Å². The SMILES string of the molecule is Cl.Cl.Nc1ccc(CC(=O)NCC2CCN(Cc3cccs3)CC2)cc1. The number of thiophene rings is 1. The zero-order valence-corrected chi connectivity index (χ0v) is 17.2. The van der Waals surface area contributed by atoms with Crippen LogP contribution < -0.4 is 11.1 Å². The van der Waals surface area contributed by atoms with E-state index in [4.69, 9.17) is 5.73 Å². The quantitative estimate of drug-likeness (QED) is 0.706. The highest BCUT2D eigenvalue weighted by molar-refractivity contribution is 7.09. The summed E-state index contributed by atoms with van der Waals surface area (Å²) < 4.78 is 0. The number of benzene rings is 1. The molecule has 0 bridgehead atoms. The van der Waals surface area contributed by atoms with Crippen molar-refractivity contribution in [2.75, 3.05) is 25.4 Å². The van der Waals surface area contributed by atoms with Gasteiger partial charge in [0.15, 0.2) is 0 Å². The third-order valence-electron chi connectivity index (χ3n) is 4.60. The highest BCUT2D eigenvalue weighted by Gasteiger charge is 2.20. The van der Waals surface area contributed by atoms with E-state index in [2.05, 4.69) is 27.7 Å². The number of nitrogens with two attached hydrogens (primary N) is 1. The lowest BCUT2D eigenvalue weighted by Gasteiger charge is -2.31. The fraction of sp³-hybridized carbons (Fsp3) is 0.421. The molecule has 4 nitrogen and oxygen atoms in total. The Hall–Kier alpha value is -1.27. The van der Waals surface area contributed by atoms with Crippen LogP contribution in [0.3, 0.4) is 0 Å². The highest BCUT2D eigenvalue weighted by atomic mass is 35.5. The van der Waals surface area contributed by atoms with E-state index in [1.807, 2.05) is 35.6 Å². The highest BCUT2D eigenvalue weighted by Crippen LogP contribution is 2.20. The molecule has 1 fully saturated rings. The maximum absolute atomic E-state index is 12.1. The van der Waals surface area contributed by atoms with Gasteiger partial charge in [0, 0.05) is 23.7 Å². The Labute approximate surface area is 172 Å². The van der Waals surface area contributed by atoms with Crippen LogP contribution in [0.25, 0.3) is 0 Å². The van der Waals surface area contributed by atoms with Gasteiger partial charge in [0.2, 0.25) is 5.91 Å². The lowest BCUT2D eigenvalue weighted by Crippen LogP contribution is -2.38. The minimum Gasteiger partial charge on any atom is -0.399 e. The van der Waals surface area contributed by atoms with Crippen LogP contribution >= 0.6 is 36.2 Å². The van der Waals surface area contributed by atoms with Gasteiger partial charge in [-0.25, -0.2) is 0 Å². The summed E-state index contributed by atoms with van der Waals surface area (Å²) in [6.07, 6.45) is 2.75. The maximum atomic E-state index is 12.1.